The quantitative estimate of drug-likeness (QED) is 0.206. The number of ether oxygens (including phenoxy) is 1. The second kappa shape index (κ2) is 12.4. The SMILES string of the molecule is Cc1cc(C)c2oc(Nc3ccc(-c4nn(C5CCC(N6CCOCC6)CC5)c5ncnc(NCCC(N)=O)c45)cc3)nc2c1. The van der Waals surface area contributed by atoms with Crippen LogP contribution in [-0.4, -0.2) is 74.4 Å². The third kappa shape index (κ3) is 6.07. The Balaban J connectivity index is 1.17. The molecule has 0 unspecified atom stereocenters. The number of hydrogen-bond acceptors (Lipinski definition) is 10. The lowest BCUT2D eigenvalue weighted by Gasteiger charge is -2.38. The van der Waals surface area contributed by atoms with Crippen LogP contribution in [0.2, 0.25) is 0 Å². The van der Waals surface area contributed by atoms with Gasteiger partial charge in [0, 0.05) is 43.3 Å². The number of rotatable bonds is 9. The van der Waals surface area contributed by atoms with Crippen LogP contribution in [0.3, 0.4) is 0 Å². The van der Waals surface area contributed by atoms with E-state index in [1.54, 1.807) is 6.33 Å². The molecule has 12 nitrogen and oxygen atoms in total. The average Bonchev–Trinajstić information content (AvgIpc) is 3.64. The first kappa shape index (κ1) is 29.2. The smallest absolute Gasteiger partial charge is 0.300 e. The number of oxazole rings is 1. The molecule has 1 saturated carbocycles. The van der Waals surface area contributed by atoms with Gasteiger partial charge in [0.25, 0.3) is 6.01 Å². The van der Waals surface area contributed by atoms with Crippen molar-refractivity contribution in [2.45, 2.75) is 58.0 Å². The zero-order chi connectivity index (χ0) is 30.9. The topological polar surface area (TPSA) is 149 Å². The van der Waals surface area contributed by atoms with Crippen LogP contribution in [0.5, 0.6) is 0 Å². The van der Waals surface area contributed by atoms with Crippen molar-refractivity contribution in [3.63, 3.8) is 0 Å². The number of fused-ring (bicyclic) bond motifs is 2. The van der Waals surface area contributed by atoms with E-state index in [1.807, 2.05) is 37.3 Å². The van der Waals surface area contributed by atoms with Crippen molar-refractivity contribution in [2.75, 3.05) is 43.5 Å². The molecule has 4 heterocycles. The molecule has 1 aliphatic heterocycles. The van der Waals surface area contributed by atoms with Crippen LogP contribution < -0.4 is 16.4 Å². The van der Waals surface area contributed by atoms with E-state index >= 15 is 0 Å². The van der Waals surface area contributed by atoms with Gasteiger partial charge in [-0.05, 0) is 68.9 Å². The molecule has 7 rings (SSSR count). The second-order valence-electron chi connectivity index (χ2n) is 12.1. The first-order valence-electron chi connectivity index (χ1n) is 15.8. The molecule has 0 radical (unpaired) electrons. The molecule has 2 fully saturated rings. The molecular formula is C33H39N9O3. The number of primary amides is 1. The van der Waals surface area contributed by atoms with Crippen molar-refractivity contribution in [2.24, 2.45) is 5.73 Å². The minimum absolute atomic E-state index is 0.204. The average molecular weight is 610 g/mol. The van der Waals surface area contributed by atoms with Crippen molar-refractivity contribution in [3.8, 4) is 11.3 Å². The highest BCUT2D eigenvalue weighted by atomic mass is 16.5. The first-order valence-corrected chi connectivity index (χ1v) is 15.8. The maximum absolute atomic E-state index is 11.4. The molecule has 0 bridgehead atoms. The van der Waals surface area contributed by atoms with Gasteiger partial charge in [0.15, 0.2) is 11.2 Å². The van der Waals surface area contributed by atoms with Gasteiger partial charge in [-0.25, -0.2) is 14.6 Å². The van der Waals surface area contributed by atoms with E-state index in [-0.39, 0.29) is 18.4 Å². The van der Waals surface area contributed by atoms with Gasteiger partial charge in [-0.1, -0.05) is 18.2 Å². The van der Waals surface area contributed by atoms with Gasteiger partial charge in [0.2, 0.25) is 5.91 Å². The van der Waals surface area contributed by atoms with E-state index in [0.717, 1.165) is 102 Å². The molecular weight excluding hydrogens is 570 g/mol. The number of amides is 1. The molecule has 1 aliphatic carbocycles. The predicted molar refractivity (Wildman–Crippen MR) is 174 cm³/mol. The van der Waals surface area contributed by atoms with E-state index in [4.69, 9.17) is 25.0 Å². The monoisotopic (exact) mass is 609 g/mol. The third-order valence-corrected chi connectivity index (χ3v) is 8.96. The zero-order valence-electron chi connectivity index (χ0n) is 25.8. The minimum Gasteiger partial charge on any atom is -0.423 e. The fourth-order valence-electron chi connectivity index (χ4n) is 6.74. The van der Waals surface area contributed by atoms with Crippen LogP contribution in [-0.2, 0) is 9.53 Å². The molecule has 0 spiro atoms. The van der Waals surface area contributed by atoms with Crippen LogP contribution in [0, 0.1) is 13.8 Å². The number of nitrogens with two attached hydrogens (primary N) is 1. The lowest BCUT2D eigenvalue weighted by molar-refractivity contribution is -0.117. The lowest BCUT2D eigenvalue weighted by Crippen LogP contribution is -2.45. The summed E-state index contributed by atoms with van der Waals surface area (Å²) in [5.74, 6) is 0.275. The molecule has 2 aliphatic rings. The number of hydrogen-bond donors (Lipinski definition) is 3. The number of anilines is 3. The largest absolute Gasteiger partial charge is 0.423 e. The predicted octanol–water partition coefficient (Wildman–Crippen LogP) is 5.10. The van der Waals surface area contributed by atoms with E-state index in [0.29, 0.717) is 24.4 Å². The molecule has 4 N–H and O–H groups in total. The number of aryl methyl sites for hydroxylation is 2. The number of morpholine rings is 1. The maximum atomic E-state index is 11.4. The molecule has 1 amide bonds. The summed E-state index contributed by atoms with van der Waals surface area (Å²) in [6.45, 7) is 8.11. The molecule has 3 aromatic heterocycles. The fraction of sp³-hybridized carbons (Fsp3) is 0.424. The fourth-order valence-corrected chi connectivity index (χ4v) is 6.74. The van der Waals surface area contributed by atoms with Crippen LogP contribution in [0.25, 0.3) is 33.4 Å². The Morgan fingerprint density at radius 1 is 1.02 bits per heavy atom. The Bertz CT molecular complexity index is 1820. The Kier molecular flexibility index (Phi) is 8.07. The maximum Gasteiger partial charge on any atom is 0.300 e. The number of carbonyl (C=O) groups is 1. The number of nitrogens with zero attached hydrogens (tertiary/aromatic N) is 6. The normalized spacial score (nSPS) is 19.2. The van der Waals surface area contributed by atoms with E-state index in [9.17, 15) is 4.79 Å². The number of aromatic nitrogens is 5. The zero-order valence-corrected chi connectivity index (χ0v) is 25.8. The van der Waals surface area contributed by atoms with Crippen LogP contribution in [0.15, 0.2) is 47.1 Å². The summed E-state index contributed by atoms with van der Waals surface area (Å²) >= 11 is 0. The summed E-state index contributed by atoms with van der Waals surface area (Å²) in [5.41, 5.74) is 12.6. The summed E-state index contributed by atoms with van der Waals surface area (Å²) in [6, 6.07) is 13.4. The molecule has 2 aromatic carbocycles. The van der Waals surface area contributed by atoms with Crippen molar-refractivity contribution >= 4 is 45.6 Å². The van der Waals surface area contributed by atoms with Crippen molar-refractivity contribution in [1.82, 2.24) is 29.6 Å². The molecule has 0 atom stereocenters. The number of nitrogens with one attached hydrogen (secondary N) is 2. The standard InChI is InChI=1S/C33H39N9O3/c1-20-17-21(2)30-26(18-20)39-33(45-30)38-23-5-3-22(4-6-23)29-28-31(35-12-11-27(34)43)36-19-37-32(28)42(40-29)25-9-7-24(8-10-25)41-13-15-44-16-14-41/h3-6,17-19,24-25H,7-16H2,1-2H3,(H2,34,43)(H,38,39)(H,35,36,37). The minimum atomic E-state index is -0.368. The highest BCUT2D eigenvalue weighted by molar-refractivity contribution is 5.99. The molecule has 1 saturated heterocycles. The highest BCUT2D eigenvalue weighted by Gasteiger charge is 2.30. The summed E-state index contributed by atoms with van der Waals surface area (Å²) in [5, 5.41) is 12.6. The molecule has 12 heteroatoms. The summed E-state index contributed by atoms with van der Waals surface area (Å²) in [7, 11) is 0. The van der Waals surface area contributed by atoms with Crippen molar-refractivity contribution < 1.29 is 13.9 Å². The van der Waals surface area contributed by atoms with Crippen LogP contribution in [0.1, 0.15) is 49.3 Å². The molecule has 234 valence electrons. The molecule has 45 heavy (non-hydrogen) atoms. The van der Waals surface area contributed by atoms with Gasteiger partial charge in [-0.15, -0.1) is 0 Å². The van der Waals surface area contributed by atoms with Crippen molar-refractivity contribution in [1.29, 1.82) is 0 Å². The summed E-state index contributed by atoms with van der Waals surface area (Å²) < 4.78 is 13.7. The molecule has 5 aromatic rings. The van der Waals surface area contributed by atoms with Gasteiger partial charge in [-0.2, -0.15) is 10.1 Å². The Morgan fingerprint density at radius 3 is 2.53 bits per heavy atom. The highest BCUT2D eigenvalue weighted by Crippen LogP contribution is 2.38. The Hall–Kier alpha value is -4.55. The number of benzene rings is 2. The summed E-state index contributed by atoms with van der Waals surface area (Å²) in [4.78, 5) is 27.9. The van der Waals surface area contributed by atoms with Crippen LogP contribution >= 0.6 is 0 Å². The Labute approximate surface area is 261 Å². The van der Waals surface area contributed by atoms with Crippen molar-refractivity contribution in [3.05, 3.63) is 53.9 Å². The van der Waals surface area contributed by atoms with Gasteiger partial charge in [-0.3, -0.25) is 9.69 Å². The van der Waals surface area contributed by atoms with Crippen LogP contribution in [0.4, 0.5) is 17.5 Å². The Morgan fingerprint density at radius 2 is 1.78 bits per heavy atom. The number of carbonyl (C=O) groups excluding carboxylic acids is 1. The first-order chi connectivity index (χ1) is 21.9. The van der Waals surface area contributed by atoms with Gasteiger partial charge >= 0.3 is 0 Å². The van der Waals surface area contributed by atoms with Gasteiger partial charge in [0.1, 0.15) is 23.4 Å². The third-order valence-electron chi connectivity index (χ3n) is 8.96. The van der Waals surface area contributed by atoms with E-state index < -0.39 is 0 Å². The van der Waals surface area contributed by atoms with E-state index in [2.05, 4.69) is 43.2 Å². The summed E-state index contributed by atoms with van der Waals surface area (Å²) in [6.07, 6.45) is 6.05. The lowest BCUT2D eigenvalue weighted by atomic mass is 9.90. The second-order valence-corrected chi connectivity index (χ2v) is 12.1. The van der Waals surface area contributed by atoms with Gasteiger partial charge < -0.3 is 25.5 Å². The van der Waals surface area contributed by atoms with Gasteiger partial charge in [0.05, 0.1) is 24.6 Å². The van der Waals surface area contributed by atoms with E-state index in [1.165, 1.54) is 0 Å².